The van der Waals surface area contributed by atoms with Gasteiger partial charge in [-0.25, -0.2) is 0 Å². The molecular weight excluding hydrogens is 228 g/mol. The van der Waals surface area contributed by atoms with Gasteiger partial charge in [0.1, 0.15) is 0 Å². The number of rotatable bonds is 3. The molecule has 2 rings (SSSR count). The molecule has 0 saturated carbocycles. The van der Waals surface area contributed by atoms with Crippen LogP contribution in [0, 0.1) is 0 Å². The lowest BCUT2D eigenvalue weighted by Gasteiger charge is -2.36. The van der Waals surface area contributed by atoms with E-state index in [1.165, 1.54) is 0 Å². The van der Waals surface area contributed by atoms with E-state index in [4.69, 9.17) is 10.5 Å². The first-order valence-electron chi connectivity index (χ1n) is 6.46. The summed E-state index contributed by atoms with van der Waals surface area (Å²) >= 11 is 0. The van der Waals surface area contributed by atoms with Crippen LogP contribution in [0.25, 0.3) is 0 Å². The highest BCUT2D eigenvalue weighted by Gasteiger charge is 2.24. The van der Waals surface area contributed by atoms with Crippen LogP contribution in [0.3, 0.4) is 0 Å². The number of benzene rings is 1. The Kier molecular flexibility index (Phi) is 4.22. The van der Waals surface area contributed by atoms with Crippen molar-refractivity contribution < 1.29 is 9.84 Å². The molecule has 1 heterocycles. The third kappa shape index (κ3) is 3.45. The number of nitrogens with zero attached hydrogens (tertiary/aromatic N) is 1. The standard InChI is InChI=1S/C14H22N2O2/c1-10-7-16(8-11(2)18-10)9-14(17)12-3-5-13(15)6-4-12/h3-6,10-11,14,17H,7-9,15H2,1-2H3/t10-,11+,14?. The van der Waals surface area contributed by atoms with Gasteiger partial charge >= 0.3 is 0 Å². The molecule has 1 saturated heterocycles. The Morgan fingerprint density at radius 3 is 2.39 bits per heavy atom. The molecule has 1 fully saturated rings. The number of morpholine rings is 1. The van der Waals surface area contributed by atoms with E-state index in [0.29, 0.717) is 6.54 Å². The van der Waals surface area contributed by atoms with Crippen molar-refractivity contribution in [3.8, 4) is 0 Å². The topological polar surface area (TPSA) is 58.7 Å². The second kappa shape index (κ2) is 5.69. The summed E-state index contributed by atoms with van der Waals surface area (Å²) < 4.78 is 5.68. The summed E-state index contributed by atoms with van der Waals surface area (Å²) in [5, 5.41) is 10.2. The molecule has 0 aliphatic carbocycles. The first kappa shape index (κ1) is 13.3. The maximum atomic E-state index is 10.2. The van der Waals surface area contributed by atoms with Crippen molar-refractivity contribution in [2.75, 3.05) is 25.4 Å². The van der Waals surface area contributed by atoms with Crippen LogP contribution >= 0.6 is 0 Å². The molecular formula is C14H22N2O2. The van der Waals surface area contributed by atoms with Crippen LogP contribution in [0.1, 0.15) is 25.5 Å². The molecule has 3 N–H and O–H groups in total. The Bertz CT molecular complexity index is 370. The molecule has 1 aliphatic rings. The number of β-amino-alcohol motifs (C(OH)–C–C–N with tert-alkyl or cyclic N) is 1. The average molecular weight is 250 g/mol. The van der Waals surface area contributed by atoms with Gasteiger partial charge in [-0.1, -0.05) is 12.1 Å². The minimum Gasteiger partial charge on any atom is -0.399 e. The zero-order valence-corrected chi connectivity index (χ0v) is 11.0. The fourth-order valence-electron chi connectivity index (χ4n) is 2.50. The lowest BCUT2D eigenvalue weighted by Crippen LogP contribution is -2.46. The van der Waals surface area contributed by atoms with Crippen LogP contribution in [-0.2, 0) is 4.74 Å². The molecule has 0 bridgehead atoms. The molecule has 4 heteroatoms. The Labute approximate surface area is 108 Å². The third-order valence-electron chi connectivity index (χ3n) is 3.25. The number of anilines is 1. The first-order valence-corrected chi connectivity index (χ1v) is 6.46. The molecule has 3 atom stereocenters. The maximum Gasteiger partial charge on any atom is 0.0916 e. The maximum absolute atomic E-state index is 10.2. The zero-order chi connectivity index (χ0) is 13.1. The van der Waals surface area contributed by atoms with Crippen molar-refractivity contribution in [2.24, 2.45) is 0 Å². The largest absolute Gasteiger partial charge is 0.399 e. The third-order valence-corrected chi connectivity index (χ3v) is 3.25. The molecule has 100 valence electrons. The molecule has 18 heavy (non-hydrogen) atoms. The lowest BCUT2D eigenvalue weighted by molar-refractivity contribution is -0.0767. The summed E-state index contributed by atoms with van der Waals surface area (Å²) in [5.41, 5.74) is 7.27. The van der Waals surface area contributed by atoms with E-state index in [-0.39, 0.29) is 12.2 Å². The number of aliphatic hydroxyl groups is 1. The minimum atomic E-state index is -0.469. The molecule has 1 aliphatic heterocycles. The smallest absolute Gasteiger partial charge is 0.0916 e. The van der Waals surface area contributed by atoms with E-state index in [9.17, 15) is 5.11 Å². The van der Waals surface area contributed by atoms with Crippen molar-refractivity contribution >= 4 is 5.69 Å². The summed E-state index contributed by atoms with van der Waals surface area (Å²) in [6.45, 7) is 6.52. The van der Waals surface area contributed by atoms with Crippen LogP contribution in [0.4, 0.5) is 5.69 Å². The number of nitrogen functional groups attached to an aromatic ring is 1. The minimum absolute atomic E-state index is 0.229. The summed E-state index contributed by atoms with van der Waals surface area (Å²) in [6, 6.07) is 7.41. The molecule has 0 spiro atoms. The van der Waals surface area contributed by atoms with Gasteiger partial charge < -0.3 is 15.6 Å². The monoisotopic (exact) mass is 250 g/mol. The van der Waals surface area contributed by atoms with Gasteiger partial charge in [0.15, 0.2) is 0 Å². The summed E-state index contributed by atoms with van der Waals surface area (Å²) in [6.07, 6.45) is -0.0113. The van der Waals surface area contributed by atoms with Crippen LogP contribution in [-0.4, -0.2) is 41.8 Å². The van der Waals surface area contributed by atoms with Gasteiger partial charge in [0.25, 0.3) is 0 Å². The van der Waals surface area contributed by atoms with Gasteiger partial charge in [-0.15, -0.1) is 0 Å². The predicted octanol–water partition coefficient (Wildman–Crippen LogP) is 1.41. The van der Waals surface area contributed by atoms with Gasteiger partial charge in [-0.05, 0) is 31.5 Å². The van der Waals surface area contributed by atoms with Crippen molar-refractivity contribution in [3.05, 3.63) is 29.8 Å². The number of hydrogen-bond acceptors (Lipinski definition) is 4. The molecule has 1 aromatic carbocycles. The van der Waals surface area contributed by atoms with Crippen molar-refractivity contribution in [3.63, 3.8) is 0 Å². The van der Waals surface area contributed by atoms with Crippen molar-refractivity contribution in [2.45, 2.75) is 32.2 Å². The fraction of sp³-hybridized carbons (Fsp3) is 0.571. The van der Waals surface area contributed by atoms with E-state index in [1.54, 1.807) is 0 Å². The van der Waals surface area contributed by atoms with Crippen molar-refractivity contribution in [1.29, 1.82) is 0 Å². The summed E-state index contributed by atoms with van der Waals surface area (Å²) in [5.74, 6) is 0. The Morgan fingerprint density at radius 2 is 1.83 bits per heavy atom. The zero-order valence-electron chi connectivity index (χ0n) is 11.0. The van der Waals surface area contributed by atoms with Crippen molar-refractivity contribution in [1.82, 2.24) is 4.90 Å². The molecule has 1 unspecified atom stereocenters. The quantitative estimate of drug-likeness (QED) is 0.796. The van der Waals surface area contributed by atoms with Gasteiger partial charge in [-0.2, -0.15) is 0 Å². The van der Waals surface area contributed by atoms with E-state index < -0.39 is 6.10 Å². The number of aliphatic hydroxyl groups excluding tert-OH is 1. The number of hydrogen-bond donors (Lipinski definition) is 2. The molecule has 0 aromatic heterocycles. The van der Waals surface area contributed by atoms with E-state index in [2.05, 4.69) is 18.7 Å². The van der Waals surface area contributed by atoms with Gasteiger partial charge in [0.05, 0.1) is 18.3 Å². The molecule has 0 radical (unpaired) electrons. The molecule has 1 aromatic rings. The predicted molar refractivity (Wildman–Crippen MR) is 72.3 cm³/mol. The SMILES string of the molecule is C[C@@H]1CN(CC(O)c2ccc(N)cc2)C[C@H](C)O1. The van der Waals surface area contributed by atoms with Crippen LogP contribution in [0.5, 0.6) is 0 Å². The summed E-state index contributed by atoms with van der Waals surface area (Å²) in [4.78, 5) is 2.25. The molecule has 4 nitrogen and oxygen atoms in total. The van der Waals surface area contributed by atoms with E-state index >= 15 is 0 Å². The Hall–Kier alpha value is -1.10. The lowest BCUT2D eigenvalue weighted by atomic mass is 10.1. The van der Waals surface area contributed by atoms with E-state index in [1.807, 2.05) is 24.3 Å². The highest BCUT2D eigenvalue weighted by Crippen LogP contribution is 2.18. The average Bonchev–Trinajstić information content (AvgIpc) is 2.28. The number of nitrogens with two attached hydrogens (primary N) is 1. The Balaban J connectivity index is 1.94. The van der Waals surface area contributed by atoms with Crippen LogP contribution in [0.2, 0.25) is 0 Å². The highest BCUT2D eigenvalue weighted by atomic mass is 16.5. The second-order valence-corrected chi connectivity index (χ2v) is 5.16. The summed E-state index contributed by atoms with van der Waals surface area (Å²) in [7, 11) is 0. The van der Waals surface area contributed by atoms with E-state index in [0.717, 1.165) is 24.3 Å². The number of ether oxygens (including phenoxy) is 1. The Morgan fingerprint density at radius 1 is 1.28 bits per heavy atom. The second-order valence-electron chi connectivity index (χ2n) is 5.16. The van der Waals surface area contributed by atoms with Crippen LogP contribution < -0.4 is 5.73 Å². The molecule has 0 amide bonds. The highest BCUT2D eigenvalue weighted by molar-refractivity contribution is 5.39. The fourth-order valence-corrected chi connectivity index (χ4v) is 2.50. The van der Waals surface area contributed by atoms with Gasteiger partial charge in [-0.3, -0.25) is 4.90 Å². The normalized spacial score (nSPS) is 27.1. The van der Waals surface area contributed by atoms with Gasteiger partial charge in [0.2, 0.25) is 0 Å². The van der Waals surface area contributed by atoms with Crippen LogP contribution in [0.15, 0.2) is 24.3 Å². The first-order chi connectivity index (χ1) is 8.54. The van der Waals surface area contributed by atoms with Gasteiger partial charge in [0, 0.05) is 25.3 Å².